The van der Waals surface area contributed by atoms with Gasteiger partial charge in [-0.3, -0.25) is 4.90 Å². The Hall–Kier alpha value is -0.800. The van der Waals surface area contributed by atoms with Gasteiger partial charge in [0, 0.05) is 6.54 Å². The van der Waals surface area contributed by atoms with Gasteiger partial charge in [0.25, 0.3) is 0 Å². The monoisotopic (exact) mass is 208 g/mol. The van der Waals surface area contributed by atoms with Gasteiger partial charge in [-0.1, -0.05) is 0 Å². The number of furan rings is 1. The second kappa shape index (κ2) is 4.81. The fourth-order valence-corrected chi connectivity index (χ4v) is 2.35. The van der Waals surface area contributed by atoms with Gasteiger partial charge in [0.05, 0.1) is 12.3 Å². The van der Waals surface area contributed by atoms with Crippen molar-refractivity contribution < 1.29 is 4.42 Å². The Balaban J connectivity index is 1.98. The van der Waals surface area contributed by atoms with Crippen molar-refractivity contribution in [2.24, 2.45) is 11.7 Å². The van der Waals surface area contributed by atoms with Gasteiger partial charge in [0.2, 0.25) is 0 Å². The molecule has 0 aromatic carbocycles. The Morgan fingerprint density at radius 2 is 2.53 bits per heavy atom. The Morgan fingerprint density at radius 1 is 1.67 bits per heavy atom. The molecule has 3 heteroatoms. The van der Waals surface area contributed by atoms with Gasteiger partial charge in [-0.15, -0.1) is 0 Å². The average Bonchev–Trinajstić information content (AvgIpc) is 2.81. The predicted octanol–water partition coefficient (Wildman–Crippen LogP) is 2.01. The summed E-state index contributed by atoms with van der Waals surface area (Å²) in [5.74, 6) is 1.73. The Kier molecular flexibility index (Phi) is 3.44. The Morgan fingerprint density at radius 3 is 3.20 bits per heavy atom. The molecule has 0 amide bonds. The highest BCUT2D eigenvalue weighted by Crippen LogP contribution is 2.26. The molecular formula is C12H20N2O. The smallest absolute Gasteiger partial charge is 0.120 e. The van der Waals surface area contributed by atoms with Crippen molar-refractivity contribution in [2.45, 2.75) is 25.8 Å². The molecule has 1 aliphatic rings. The van der Waals surface area contributed by atoms with E-state index < -0.39 is 0 Å². The van der Waals surface area contributed by atoms with E-state index >= 15 is 0 Å². The topological polar surface area (TPSA) is 42.4 Å². The normalized spacial score (nSPS) is 25.3. The molecule has 3 nitrogen and oxygen atoms in total. The lowest BCUT2D eigenvalue weighted by Crippen LogP contribution is -2.39. The third kappa shape index (κ3) is 2.41. The van der Waals surface area contributed by atoms with Gasteiger partial charge >= 0.3 is 0 Å². The SMILES string of the molecule is CC(c1ccco1)N1CCCC(CN)C1. The van der Waals surface area contributed by atoms with Crippen LogP contribution in [-0.4, -0.2) is 24.5 Å². The van der Waals surface area contributed by atoms with Crippen LogP contribution in [0.2, 0.25) is 0 Å². The van der Waals surface area contributed by atoms with Crippen molar-refractivity contribution in [2.75, 3.05) is 19.6 Å². The van der Waals surface area contributed by atoms with Crippen LogP contribution in [0, 0.1) is 5.92 Å². The molecule has 84 valence electrons. The third-order valence-electron chi connectivity index (χ3n) is 3.39. The molecule has 2 rings (SSSR count). The number of piperidine rings is 1. The zero-order valence-electron chi connectivity index (χ0n) is 9.36. The van der Waals surface area contributed by atoms with E-state index in [9.17, 15) is 0 Å². The maximum Gasteiger partial charge on any atom is 0.120 e. The van der Waals surface area contributed by atoms with Crippen LogP contribution in [0.1, 0.15) is 31.6 Å². The van der Waals surface area contributed by atoms with E-state index in [4.69, 9.17) is 10.2 Å². The molecule has 15 heavy (non-hydrogen) atoms. The van der Waals surface area contributed by atoms with E-state index in [0.717, 1.165) is 18.8 Å². The summed E-state index contributed by atoms with van der Waals surface area (Å²) < 4.78 is 5.44. The van der Waals surface area contributed by atoms with E-state index in [-0.39, 0.29) is 0 Å². The number of hydrogen-bond donors (Lipinski definition) is 1. The molecule has 0 bridgehead atoms. The van der Waals surface area contributed by atoms with Crippen LogP contribution in [0.3, 0.4) is 0 Å². The fourth-order valence-electron chi connectivity index (χ4n) is 2.35. The van der Waals surface area contributed by atoms with Crippen molar-refractivity contribution in [1.29, 1.82) is 0 Å². The van der Waals surface area contributed by atoms with Crippen molar-refractivity contribution in [3.8, 4) is 0 Å². The fraction of sp³-hybridized carbons (Fsp3) is 0.667. The molecule has 1 aromatic heterocycles. The van der Waals surface area contributed by atoms with Crippen LogP contribution in [0.15, 0.2) is 22.8 Å². The molecule has 1 aliphatic heterocycles. The molecule has 2 atom stereocenters. The molecule has 0 saturated carbocycles. The summed E-state index contributed by atoms with van der Waals surface area (Å²) in [6.07, 6.45) is 4.28. The van der Waals surface area contributed by atoms with Crippen LogP contribution >= 0.6 is 0 Å². The minimum Gasteiger partial charge on any atom is -0.468 e. The van der Waals surface area contributed by atoms with Crippen LogP contribution in [-0.2, 0) is 0 Å². The summed E-state index contributed by atoms with van der Waals surface area (Å²) in [6, 6.07) is 4.39. The first kappa shape index (κ1) is 10.7. The highest BCUT2D eigenvalue weighted by atomic mass is 16.3. The van der Waals surface area contributed by atoms with E-state index in [2.05, 4.69) is 17.9 Å². The van der Waals surface area contributed by atoms with Crippen molar-refractivity contribution >= 4 is 0 Å². The van der Waals surface area contributed by atoms with Crippen LogP contribution in [0.5, 0.6) is 0 Å². The summed E-state index contributed by atoms with van der Waals surface area (Å²) in [5.41, 5.74) is 5.73. The predicted molar refractivity (Wildman–Crippen MR) is 60.5 cm³/mol. The molecule has 1 aromatic rings. The number of hydrogen-bond acceptors (Lipinski definition) is 3. The summed E-state index contributed by atoms with van der Waals surface area (Å²) in [5, 5.41) is 0. The lowest BCUT2D eigenvalue weighted by atomic mass is 9.97. The highest BCUT2D eigenvalue weighted by molar-refractivity contribution is 5.04. The van der Waals surface area contributed by atoms with Crippen molar-refractivity contribution in [3.05, 3.63) is 24.2 Å². The molecular weight excluding hydrogens is 188 g/mol. The summed E-state index contributed by atoms with van der Waals surface area (Å²) in [4.78, 5) is 2.47. The first-order chi connectivity index (χ1) is 7.31. The van der Waals surface area contributed by atoms with Crippen LogP contribution in [0.25, 0.3) is 0 Å². The second-order valence-corrected chi connectivity index (χ2v) is 4.43. The Labute approximate surface area is 91.2 Å². The maximum atomic E-state index is 5.73. The van der Waals surface area contributed by atoms with Gasteiger partial charge in [0.1, 0.15) is 5.76 Å². The van der Waals surface area contributed by atoms with Crippen molar-refractivity contribution in [1.82, 2.24) is 4.90 Å². The van der Waals surface area contributed by atoms with Gasteiger partial charge in [-0.2, -0.15) is 0 Å². The van der Waals surface area contributed by atoms with E-state index in [1.807, 2.05) is 6.07 Å². The lowest BCUT2D eigenvalue weighted by molar-refractivity contribution is 0.121. The standard InChI is InChI=1S/C12H20N2O/c1-10(12-5-3-7-15-12)14-6-2-4-11(8-13)9-14/h3,5,7,10-11H,2,4,6,8-9,13H2,1H3. The first-order valence-electron chi connectivity index (χ1n) is 5.78. The van der Waals surface area contributed by atoms with Gasteiger partial charge in [-0.25, -0.2) is 0 Å². The Bertz CT molecular complexity index is 284. The molecule has 2 heterocycles. The third-order valence-corrected chi connectivity index (χ3v) is 3.39. The average molecular weight is 208 g/mol. The van der Waals surface area contributed by atoms with E-state index in [1.54, 1.807) is 6.26 Å². The quantitative estimate of drug-likeness (QED) is 0.826. The molecule has 1 saturated heterocycles. The van der Waals surface area contributed by atoms with Gasteiger partial charge < -0.3 is 10.2 Å². The molecule has 2 unspecified atom stereocenters. The zero-order chi connectivity index (χ0) is 10.7. The maximum absolute atomic E-state index is 5.73. The lowest BCUT2D eigenvalue weighted by Gasteiger charge is -2.35. The zero-order valence-corrected chi connectivity index (χ0v) is 9.36. The first-order valence-corrected chi connectivity index (χ1v) is 5.78. The largest absolute Gasteiger partial charge is 0.468 e. The van der Waals surface area contributed by atoms with Crippen LogP contribution in [0.4, 0.5) is 0 Å². The molecule has 2 N–H and O–H groups in total. The highest BCUT2D eigenvalue weighted by Gasteiger charge is 2.24. The molecule has 0 aliphatic carbocycles. The molecule has 0 radical (unpaired) electrons. The second-order valence-electron chi connectivity index (χ2n) is 4.43. The summed E-state index contributed by atoms with van der Waals surface area (Å²) >= 11 is 0. The number of likely N-dealkylation sites (tertiary alicyclic amines) is 1. The number of nitrogens with two attached hydrogens (primary N) is 1. The molecule has 0 spiro atoms. The minimum absolute atomic E-state index is 0.384. The molecule has 1 fully saturated rings. The summed E-state index contributed by atoms with van der Waals surface area (Å²) in [7, 11) is 0. The number of nitrogens with zero attached hydrogens (tertiary/aromatic N) is 1. The van der Waals surface area contributed by atoms with Crippen molar-refractivity contribution in [3.63, 3.8) is 0 Å². The van der Waals surface area contributed by atoms with Crippen LogP contribution < -0.4 is 5.73 Å². The number of rotatable bonds is 3. The van der Waals surface area contributed by atoms with E-state index in [0.29, 0.717) is 12.0 Å². The summed E-state index contributed by atoms with van der Waals surface area (Å²) in [6.45, 7) is 5.29. The van der Waals surface area contributed by atoms with Gasteiger partial charge in [0.15, 0.2) is 0 Å². The minimum atomic E-state index is 0.384. The van der Waals surface area contributed by atoms with E-state index in [1.165, 1.54) is 19.4 Å². The van der Waals surface area contributed by atoms with Gasteiger partial charge in [-0.05, 0) is 50.9 Å².